The van der Waals surface area contributed by atoms with Crippen molar-refractivity contribution in [1.29, 1.82) is 0 Å². The van der Waals surface area contributed by atoms with Gasteiger partial charge < -0.3 is 16.2 Å². The molecular formula is C13H14N2O3. The molecule has 0 spiro atoms. The third-order valence-corrected chi connectivity index (χ3v) is 2.23. The van der Waals surface area contributed by atoms with E-state index in [2.05, 4.69) is 17.2 Å². The normalized spacial score (nSPS) is 11.0. The lowest BCUT2D eigenvalue weighted by atomic mass is 10.1. The van der Waals surface area contributed by atoms with E-state index in [0.717, 1.165) is 0 Å². The molecule has 1 unspecified atom stereocenters. The van der Waals surface area contributed by atoms with Gasteiger partial charge in [-0.1, -0.05) is 11.8 Å². The van der Waals surface area contributed by atoms with E-state index in [-0.39, 0.29) is 12.5 Å². The molecule has 1 rings (SSSR count). The molecule has 0 radical (unpaired) electrons. The Morgan fingerprint density at radius 2 is 2.00 bits per heavy atom. The van der Waals surface area contributed by atoms with E-state index in [9.17, 15) is 9.59 Å². The van der Waals surface area contributed by atoms with Crippen molar-refractivity contribution >= 4 is 11.8 Å². The van der Waals surface area contributed by atoms with Crippen LogP contribution in [0.3, 0.4) is 0 Å². The second-order valence-corrected chi connectivity index (χ2v) is 3.63. The van der Waals surface area contributed by atoms with Gasteiger partial charge in [0, 0.05) is 11.1 Å². The zero-order chi connectivity index (χ0) is 13.5. The molecule has 2 amide bonds. The van der Waals surface area contributed by atoms with Gasteiger partial charge in [-0.15, -0.1) is 0 Å². The minimum atomic E-state index is -0.716. The minimum absolute atomic E-state index is 0.210. The van der Waals surface area contributed by atoms with Crippen LogP contribution in [0.5, 0.6) is 0 Å². The maximum atomic E-state index is 11.7. The first kappa shape index (κ1) is 13.7. The first-order chi connectivity index (χ1) is 8.54. The number of rotatable bonds is 3. The molecule has 0 bridgehead atoms. The van der Waals surface area contributed by atoms with Crippen LogP contribution >= 0.6 is 0 Å². The van der Waals surface area contributed by atoms with Crippen LogP contribution in [0.1, 0.15) is 22.8 Å². The average Bonchev–Trinajstić information content (AvgIpc) is 2.36. The molecule has 5 nitrogen and oxygen atoms in total. The molecule has 0 aromatic heterocycles. The van der Waals surface area contributed by atoms with E-state index >= 15 is 0 Å². The molecule has 0 aliphatic carbocycles. The summed E-state index contributed by atoms with van der Waals surface area (Å²) in [4.78, 5) is 22.5. The maximum Gasteiger partial charge on any atom is 0.251 e. The molecule has 1 aromatic carbocycles. The summed E-state index contributed by atoms with van der Waals surface area (Å²) in [6.45, 7) is 1.31. The Balaban J connectivity index is 2.73. The van der Waals surface area contributed by atoms with Gasteiger partial charge in [0.1, 0.15) is 12.6 Å². The van der Waals surface area contributed by atoms with Crippen LogP contribution in [0.2, 0.25) is 0 Å². The van der Waals surface area contributed by atoms with Crippen LogP contribution in [0.25, 0.3) is 0 Å². The number of amides is 2. The fourth-order valence-electron chi connectivity index (χ4n) is 1.20. The number of hydrogen-bond acceptors (Lipinski definition) is 3. The largest absolute Gasteiger partial charge is 0.384 e. The van der Waals surface area contributed by atoms with Crippen molar-refractivity contribution in [3.05, 3.63) is 35.4 Å². The van der Waals surface area contributed by atoms with E-state index in [1.54, 1.807) is 24.3 Å². The molecule has 94 valence electrons. The first-order valence-corrected chi connectivity index (χ1v) is 5.34. The van der Waals surface area contributed by atoms with Crippen LogP contribution in [0.15, 0.2) is 24.3 Å². The summed E-state index contributed by atoms with van der Waals surface area (Å²) >= 11 is 0. The lowest BCUT2D eigenvalue weighted by Crippen LogP contribution is -2.42. The van der Waals surface area contributed by atoms with Gasteiger partial charge in [-0.25, -0.2) is 0 Å². The summed E-state index contributed by atoms with van der Waals surface area (Å²) in [5, 5.41) is 11.0. The predicted molar refractivity (Wildman–Crippen MR) is 66.5 cm³/mol. The van der Waals surface area contributed by atoms with Gasteiger partial charge in [-0.2, -0.15) is 0 Å². The molecule has 0 fully saturated rings. The van der Waals surface area contributed by atoms with Crippen molar-refractivity contribution in [2.45, 2.75) is 13.0 Å². The van der Waals surface area contributed by atoms with Crippen LogP contribution < -0.4 is 11.1 Å². The fraction of sp³-hybridized carbons (Fsp3) is 0.231. The van der Waals surface area contributed by atoms with E-state index in [4.69, 9.17) is 10.8 Å². The Kier molecular flexibility index (Phi) is 4.90. The predicted octanol–water partition coefficient (Wildman–Crippen LogP) is -0.366. The molecule has 0 aliphatic rings. The summed E-state index contributed by atoms with van der Waals surface area (Å²) < 4.78 is 0. The number of benzene rings is 1. The van der Waals surface area contributed by atoms with Gasteiger partial charge in [-0.05, 0) is 31.2 Å². The fourth-order valence-corrected chi connectivity index (χ4v) is 1.20. The highest BCUT2D eigenvalue weighted by Crippen LogP contribution is 2.03. The average molecular weight is 246 g/mol. The molecule has 4 N–H and O–H groups in total. The number of primary amides is 1. The van der Waals surface area contributed by atoms with Crippen molar-refractivity contribution in [3.8, 4) is 11.8 Å². The number of hydrogen-bond donors (Lipinski definition) is 3. The van der Waals surface area contributed by atoms with Crippen molar-refractivity contribution in [2.75, 3.05) is 6.61 Å². The van der Waals surface area contributed by atoms with Crippen LogP contribution in [-0.4, -0.2) is 29.6 Å². The van der Waals surface area contributed by atoms with E-state index in [1.807, 2.05) is 0 Å². The van der Waals surface area contributed by atoms with E-state index in [0.29, 0.717) is 11.1 Å². The number of carbonyl (C=O) groups excluding carboxylic acids is 2. The zero-order valence-corrected chi connectivity index (χ0v) is 9.93. The molecule has 1 atom stereocenters. The van der Waals surface area contributed by atoms with Crippen LogP contribution in [0.4, 0.5) is 0 Å². The molecule has 0 heterocycles. The maximum absolute atomic E-state index is 11.7. The van der Waals surface area contributed by atoms with Gasteiger partial charge >= 0.3 is 0 Å². The molecule has 0 saturated heterocycles. The Morgan fingerprint density at radius 3 is 2.50 bits per heavy atom. The van der Waals surface area contributed by atoms with Gasteiger partial charge in [0.15, 0.2) is 0 Å². The number of nitrogens with one attached hydrogen (secondary N) is 1. The third kappa shape index (κ3) is 3.92. The van der Waals surface area contributed by atoms with E-state index in [1.165, 1.54) is 6.92 Å². The molecule has 5 heteroatoms. The van der Waals surface area contributed by atoms with E-state index < -0.39 is 11.9 Å². The number of carbonyl (C=O) groups is 2. The summed E-state index contributed by atoms with van der Waals surface area (Å²) in [6.07, 6.45) is 0. The number of nitrogens with two attached hydrogens (primary N) is 1. The monoisotopic (exact) mass is 246 g/mol. The highest BCUT2D eigenvalue weighted by Gasteiger charge is 2.13. The second kappa shape index (κ2) is 6.42. The molecule has 0 aliphatic heterocycles. The summed E-state index contributed by atoms with van der Waals surface area (Å²) in [7, 11) is 0. The first-order valence-electron chi connectivity index (χ1n) is 5.34. The quantitative estimate of drug-likeness (QED) is 0.635. The van der Waals surface area contributed by atoms with Crippen LogP contribution in [-0.2, 0) is 4.79 Å². The SMILES string of the molecule is CC(NC(=O)c1ccc(C#CCO)cc1)C(N)=O. The van der Waals surface area contributed by atoms with Crippen molar-refractivity contribution in [1.82, 2.24) is 5.32 Å². The number of aliphatic hydroxyl groups is 1. The Labute approximate surface area is 105 Å². The van der Waals surface area contributed by atoms with Gasteiger partial charge in [0.25, 0.3) is 5.91 Å². The minimum Gasteiger partial charge on any atom is -0.384 e. The van der Waals surface area contributed by atoms with Crippen LogP contribution in [0, 0.1) is 11.8 Å². The van der Waals surface area contributed by atoms with Crippen molar-refractivity contribution < 1.29 is 14.7 Å². The lowest BCUT2D eigenvalue weighted by molar-refractivity contribution is -0.119. The highest BCUT2D eigenvalue weighted by molar-refractivity contribution is 5.97. The number of aliphatic hydroxyl groups excluding tert-OH is 1. The Hall–Kier alpha value is -2.32. The molecule has 18 heavy (non-hydrogen) atoms. The molecule has 0 saturated carbocycles. The summed E-state index contributed by atoms with van der Waals surface area (Å²) in [6, 6.07) is 5.78. The topological polar surface area (TPSA) is 92.4 Å². The van der Waals surface area contributed by atoms with Gasteiger partial charge in [0.05, 0.1) is 0 Å². The molecule has 1 aromatic rings. The Bertz CT molecular complexity index is 497. The van der Waals surface area contributed by atoms with Crippen molar-refractivity contribution in [2.24, 2.45) is 5.73 Å². The molecular weight excluding hydrogens is 232 g/mol. The second-order valence-electron chi connectivity index (χ2n) is 3.63. The Morgan fingerprint density at radius 1 is 1.39 bits per heavy atom. The van der Waals surface area contributed by atoms with Gasteiger partial charge in [0.2, 0.25) is 5.91 Å². The smallest absolute Gasteiger partial charge is 0.251 e. The summed E-state index contributed by atoms with van der Waals surface area (Å²) in [5.41, 5.74) is 6.16. The third-order valence-electron chi connectivity index (χ3n) is 2.23. The van der Waals surface area contributed by atoms with Gasteiger partial charge in [-0.3, -0.25) is 9.59 Å². The highest BCUT2D eigenvalue weighted by atomic mass is 16.2. The lowest BCUT2D eigenvalue weighted by Gasteiger charge is -2.09. The van der Waals surface area contributed by atoms with Crippen molar-refractivity contribution in [3.63, 3.8) is 0 Å². The summed E-state index contributed by atoms with van der Waals surface area (Å²) in [5.74, 6) is 4.26. The zero-order valence-electron chi connectivity index (χ0n) is 9.93. The standard InChI is InChI=1S/C13H14N2O3/c1-9(12(14)17)15-13(18)11-6-4-10(5-7-11)3-2-8-16/h4-7,9,16H,8H2,1H3,(H2,14,17)(H,15,18).